The molecule has 0 aliphatic rings. The topological polar surface area (TPSA) is 95.2 Å². The zero-order chi connectivity index (χ0) is 17.0. The number of ether oxygens (including phenoxy) is 1. The van der Waals surface area contributed by atoms with Gasteiger partial charge in [-0.15, -0.1) is 0 Å². The molecule has 0 bridgehead atoms. The predicted octanol–water partition coefficient (Wildman–Crippen LogP) is 2.21. The van der Waals surface area contributed by atoms with E-state index in [1.807, 2.05) is 13.8 Å². The number of benzene rings is 1. The molecule has 0 spiro atoms. The van der Waals surface area contributed by atoms with E-state index in [-0.39, 0.29) is 18.0 Å². The smallest absolute Gasteiger partial charge is 0.274 e. The third kappa shape index (κ3) is 3.58. The molecule has 23 heavy (non-hydrogen) atoms. The summed E-state index contributed by atoms with van der Waals surface area (Å²) in [4.78, 5) is 16.1. The van der Waals surface area contributed by atoms with Crippen molar-refractivity contribution < 1.29 is 14.6 Å². The van der Waals surface area contributed by atoms with Gasteiger partial charge in [0.05, 0.1) is 24.9 Å². The first kappa shape index (κ1) is 16.3. The number of amides is 1. The first-order chi connectivity index (χ1) is 11.0. The zero-order valence-corrected chi connectivity index (χ0v) is 13.2. The highest BCUT2D eigenvalue weighted by Crippen LogP contribution is 2.21. The number of aromatic nitrogens is 1. The molecule has 1 aromatic carbocycles. The Bertz CT molecular complexity index is 771. The number of nitriles is 1. The number of rotatable bonds is 4. The quantitative estimate of drug-likeness (QED) is 0.902. The molecule has 0 fully saturated rings. The van der Waals surface area contributed by atoms with Crippen molar-refractivity contribution in [2.24, 2.45) is 0 Å². The van der Waals surface area contributed by atoms with Crippen molar-refractivity contribution >= 4 is 5.91 Å². The van der Waals surface area contributed by atoms with Crippen LogP contribution in [0.4, 0.5) is 0 Å². The number of carbonyl (C=O) groups excluding carboxylic acids is 1. The van der Waals surface area contributed by atoms with Crippen molar-refractivity contribution in [1.29, 1.82) is 5.26 Å². The van der Waals surface area contributed by atoms with E-state index in [1.54, 1.807) is 12.1 Å². The Labute approximate surface area is 134 Å². The van der Waals surface area contributed by atoms with E-state index in [0.717, 1.165) is 16.7 Å². The normalized spacial score (nSPS) is 10.0. The second-order valence-electron chi connectivity index (χ2n) is 5.13. The Morgan fingerprint density at radius 1 is 1.35 bits per heavy atom. The monoisotopic (exact) mass is 311 g/mol. The van der Waals surface area contributed by atoms with Gasteiger partial charge in [0.25, 0.3) is 5.91 Å². The third-order valence-corrected chi connectivity index (χ3v) is 3.54. The van der Waals surface area contributed by atoms with Gasteiger partial charge in [-0.25, -0.2) is 4.98 Å². The molecular weight excluding hydrogens is 294 g/mol. The van der Waals surface area contributed by atoms with Gasteiger partial charge in [0, 0.05) is 12.6 Å². The van der Waals surface area contributed by atoms with Gasteiger partial charge in [-0.05, 0) is 42.7 Å². The first-order valence-corrected chi connectivity index (χ1v) is 6.97. The molecule has 0 aliphatic heterocycles. The second-order valence-corrected chi connectivity index (χ2v) is 5.13. The number of methoxy groups -OCH3 is 1. The summed E-state index contributed by atoms with van der Waals surface area (Å²) < 4.78 is 4.93. The lowest BCUT2D eigenvalue weighted by molar-refractivity contribution is 0.0943. The summed E-state index contributed by atoms with van der Waals surface area (Å²) in [6.45, 7) is 4.06. The lowest BCUT2D eigenvalue weighted by atomic mass is 9.99. The summed E-state index contributed by atoms with van der Waals surface area (Å²) in [5.74, 6) is -0.346. The average molecular weight is 311 g/mol. The highest BCUT2D eigenvalue weighted by molar-refractivity contribution is 5.94. The molecule has 0 radical (unpaired) electrons. The van der Waals surface area contributed by atoms with Crippen molar-refractivity contribution in [3.8, 4) is 17.6 Å². The summed E-state index contributed by atoms with van der Waals surface area (Å²) in [6.07, 6.45) is 1.37. The number of nitrogens with zero attached hydrogens (tertiary/aromatic N) is 2. The fourth-order valence-corrected chi connectivity index (χ4v) is 2.31. The predicted molar refractivity (Wildman–Crippen MR) is 84.3 cm³/mol. The Morgan fingerprint density at radius 2 is 2.00 bits per heavy atom. The van der Waals surface area contributed by atoms with Crippen LogP contribution < -0.4 is 10.1 Å². The molecule has 6 nitrogen and oxygen atoms in total. The van der Waals surface area contributed by atoms with E-state index >= 15 is 0 Å². The molecule has 0 saturated carbocycles. The van der Waals surface area contributed by atoms with Crippen LogP contribution in [0.25, 0.3) is 0 Å². The third-order valence-electron chi connectivity index (χ3n) is 3.54. The van der Waals surface area contributed by atoms with Crippen LogP contribution in [0.5, 0.6) is 11.5 Å². The van der Waals surface area contributed by atoms with Gasteiger partial charge in [-0.3, -0.25) is 4.79 Å². The van der Waals surface area contributed by atoms with Gasteiger partial charge in [0.15, 0.2) is 11.4 Å². The summed E-state index contributed by atoms with van der Waals surface area (Å²) in [7, 11) is 1.45. The number of hydrogen-bond donors (Lipinski definition) is 2. The fraction of sp³-hybridized carbons (Fsp3) is 0.235. The van der Waals surface area contributed by atoms with Crippen molar-refractivity contribution in [3.63, 3.8) is 0 Å². The van der Waals surface area contributed by atoms with E-state index in [4.69, 9.17) is 10.00 Å². The minimum atomic E-state index is -0.478. The number of hydrogen-bond acceptors (Lipinski definition) is 5. The number of aromatic hydroxyl groups is 1. The van der Waals surface area contributed by atoms with Crippen molar-refractivity contribution in [1.82, 2.24) is 10.3 Å². The second kappa shape index (κ2) is 6.79. The van der Waals surface area contributed by atoms with Gasteiger partial charge < -0.3 is 15.2 Å². The molecule has 1 aromatic heterocycles. The molecule has 0 unspecified atom stereocenters. The summed E-state index contributed by atoms with van der Waals surface area (Å²) >= 11 is 0. The SMILES string of the molecule is COc1cnc(C(=O)NCc2c(C)cc(C#N)cc2C)c(O)c1. The molecule has 2 N–H and O–H groups in total. The highest BCUT2D eigenvalue weighted by Gasteiger charge is 2.15. The summed E-state index contributed by atoms with van der Waals surface area (Å²) in [5.41, 5.74) is 3.31. The maximum absolute atomic E-state index is 12.2. The maximum atomic E-state index is 12.2. The molecular formula is C17H17N3O3. The zero-order valence-electron chi connectivity index (χ0n) is 13.2. The lowest BCUT2D eigenvalue weighted by Crippen LogP contribution is -2.24. The van der Waals surface area contributed by atoms with Crippen LogP contribution in [0, 0.1) is 25.2 Å². The van der Waals surface area contributed by atoms with Crippen molar-refractivity contribution in [3.05, 3.63) is 52.3 Å². The van der Waals surface area contributed by atoms with Crippen LogP contribution >= 0.6 is 0 Å². The number of aryl methyl sites for hydroxylation is 2. The fourth-order valence-electron chi connectivity index (χ4n) is 2.31. The Morgan fingerprint density at radius 3 is 2.52 bits per heavy atom. The van der Waals surface area contributed by atoms with Crippen LogP contribution in [-0.4, -0.2) is 23.1 Å². The molecule has 118 valence electrons. The molecule has 6 heteroatoms. The Kier molecular flexibility index (Phi) is 4.82. The number of nitrogens with one attached hydrogen (secondary N) is 1. The molecule has 0 saturated heterocycles. The summed E-state index contributed by atoms with van der Waals surface area (Å²) in [6, 6.07) is 6.99. The van der Waals surface area contributed by atoms with Crippen LogP contribution in [-0.2, 0) is 6.54 Å². The standard InChI is InChI=1S/C17H17N3O3/c1-10-4-12(7-18)5-11(2)14(10)9-20-17(22)16-15(21)6-13(23-3)8-19-16/h4-6,8,21H,9H2,1-3H3,(H,20,22). The van der Waals surface area contributed by atoms with Gasteiger partial charge in [-0.1, -0.05) is 0 Å². The maximum Gasteiger partial charge on any atom is 0.274 e. The van der Waals surface area contributed by atoms with Crippen LogP contribution in [0.1, 0.15) is 32.7 Å². The average Bonchev–Trinajstić information content (AvgIpc) is 2.53. The number of carbonyl (C=O) groups is 1. The largest absolute Gasteiger partial charge is 0.505 e. The van der Waals surface area contributed by atoms with Gasteiger partial charge in [0.2, 0.25) is 0 Å². The van der Waals surface area contributed by atoms with E-state index in [0.29, 0.717) is 11.3 Å². The first-order valence-electron chi connectivity index (χ1n) is 6.97. The molecule has 0 aliphatic carbocycles. The van der Waals surface area contributed by atoms with Gasteiger partial charge >= 0.3 is 0 Å². The lowest BCUT2D eigenvalue weighted by Gasteiger charge is -2.12. The molecule has 2 aromatic rings. The van der Waals surface area contributed by atoms with Crippen LogP contribution in [0.3, 0.4) is 0 Å². The van der Waals surface area contributed by atoms with Crippen molar-refractivity contribution in [2.45, 2.75) is 20.4 Å². The molecule has 0 atom stereocenters. The molecule has 1 amide bonds. The van der Waals surface area contributed by atoms with E-state index < -0.39 is 5.91 Å². The van der Waals surface area contributed by atoms with Crippen molar-refractivity contribution in [2.75, 3.05) is 7.11 Å². The Balaban J connectivity index is 2.15. The van der Waals surface area contributed by atoms with Crippen LogP contribution in [0.2, 0.25) is 0 Å². The van der Waals surface area contributed by atoms with Gasteiger partial charge in [-0.2, -0.15) is 5.26 Å². The van der Waals surface area contributed by atoms with E-state index in [2.05, 4.69) is 16.4 Å². The minimum Gasteiger partial charge on any atom is -0.505 e. The minimum absolute atomic E-state index is 0.0604. The molecule has 2 rings (SSSR count). The number of pyridine rings is 1. The van der Waals surface area contributed by atoms with E-state index in [1.165, 1.54) is 19.4 Å². The molecule has 1 heterocycles. The highest BCUT2D eigenvalue weighted by atomic mass is 16.5. The van der Waals surface area contributed by atoms with E-state index in [9.17, 15) is 9.90 Å². The Hall–Kier alpha value is -3.07. The van der Waals surface area contributed by atoms with Crippen LogP contribution in [0.15, 0.2) is 24.4 Å². The summed E-state index contributed by atoms with van der Waals surface area (Å²) in [5, 5.41) is 21.5. The van der Waals surface area contributed by atoms with Gasteiger partial charge in [0.1, 0.15) is 5.75 Å².